The number of piperazine rings is 1. The van der Waals surface area contributed by atoms with E-state index in [1.807, 2.05) is 12.1 Å². The molecular formula is C24H23FN2O2S. The first kappa shape index (κ1) is 19.4. The van der Waals surface area contributed by atoms with Crippen molar-refractivity contribution in [3.05, 3.63) is 89.7 Å². The van der Waals surface area contributed by atoms with Crippen molar-refractivity contribution in [2.75, 3.05) is 13.1 Å². The van der Waals surface area contributed by atoms with Crippen LogP contribution in [0.1, 0.15) is 17.0 Å². The van der Waals surface area contributed by atoms with Gasteiger partial charge in [-0.05, 0) is 47.4 Å². The molecule has 30 heavy (non-hydrogen) atoms. The smallest absolute Gasteiger partial charge is 0.243 e. The molecule has 1 unspecified atom stereocenters. The fourth-order valence-corrected chi connectivity index (χ4v) is 6.74. The maximum atomic E-state index is 13.6. The average molecular weight is 423 g/mol. The summed E-state index contributed by atoms with van der Waals surface area (Å²) >= 11 is 0. The Morgan fingerprint density at radius 2 is 1.63 bits per heavy atom. The van der Waals surface area contributed by atoms with Gasteiger partial charge in [-0.1, -0.05) is 54.6 Å². The van der Waals surface area contributed by atoms with Gasteiger partial charge in [-0.3, -0.25) is 0 Å². The summed E-state index contributed by atoms with van der Waals surface area (Å²) in [7, 11) is -3.73. The summed E-state index contributed by atoms with van der Waals surface area (Å²) in [6, 6.07) is 21.7. The molecule has 3 atom stereocenters. The highest BCUT2D eigenvalue weighted by Crippen LogP contribution is 2.46. The lowest BCUT2D eigenvalue weighted by Gasteiger charge is -2.57. The zero-order valence-corrected chi connectivity index (χ0v) is 17.4. The first-order valence-electron chi connectivity index (χ1n) is 10.1. The van der Waals surface area contributed by atoms with E-state index >= 15 is 0 Å². The second kappa shape index (κ2) is 7.30. The number of halogens is 1. The minimum atomic E-state index is -3.73. The van der Waals surface area contributed by atoms with Gasteiger partial charge in [-0.15, -0.1) is 0 Å². The molecule has 0 saturated carbocycles. The van der Waals surface area contributed by atoms with E-state index in [0.29, 0.717) is 13.1 Å². The number of nitrogens with zero attached hydrogens (tertiary/aromatic N) is 1. The van der Waals surface area contributed by atoms with Crippen molar-refractivity contribution in [3.8, 4) is 11.1 Å². The minimum Gasteiger partial charge on any atom is -0.313 e. The van der Waals surface area contributed by atoms with Crippen molar-refractivity contribution >= 4 is 10.0 Å². The van der Waals surface area contributed by atoms with Crippen molar-refractivity contribution in [2.45, 2.75) is 29.8 Å². The number of benzene rings is 3. The Bertz CT molecular complexity index is 1180. The molecule has 6 heteroatoms. The van der Waals surface area contributed by atoms with Gasteiger partial charge >= 0.3 is 0 Å². The molecule has 3 aromatic rings. The van der Waals surface area contributed by atoms with E-state index in [4.69, 9.17) is 0 Å². The summed E-state index contributed by atoms with van der Waals surface area (Å²) in [5.74, 6) is -0.399. The van der Waals surface area contributed by atoms with Crippen LogP contribution in [-0.2, 0) is 10.0 Å². The number of aryl methyl sites for hydroxylation is 1. The molecular weight excluding hydrogens is 399 g/mol. The molecule has 2 fully saturated rings. The fraction of sp³-hybridized carbons (Fsp3) is 0.250. The summed E-state index contributed by atoms with van der Waals surface area (Å²) in [5, 5.41) is 3.31. The van der Waals surface area contributed by atoms with Crippen LogP contribution < -0.4 is 5.32 Å². The lowest BCUT2D eigenvalue weighted by Crippen LogP contribution is -2.73. The summed E-state index contributed by atoms with van der Waals surface area (Å²) in [5.41, 5.74) is 4.73. The summed E-state index contributed by atoms with van der Waals surface area (Å²) < 4.78 is 41.5. The molecule has 2 saturated heterocycles. The third-order valence-corrected chi connectivity index (χ3v) is 8.26. The molecule has 3 aromatic carbocycles. The molecule has 2 aliphatic rings. The largest absolute Gasteiger partial charge is 0.313 e. The monoisotopic (exact) mass is 422 g/mol. The van der Waals surface area contributed by atoms with E-state index in [9.17, 15) is 12.8 Å². The van der Waals surface area contributed by atoms with Crippen LogP contribution >= 0.6 is 0 Å². The van der Waals surface area contributed by atoms with Crippen LogP contribution in [0.5, 0.6) is 0 Å². The van der Waals surface area contributed by atoms with Gasteiger partial charge < -0.3 is 5.32 Å². The predicted octanol–water partition coefficient (Wildman–Crippen LogP) is 3.93. The molecule has 2 heterocycles. The van der Waals surface area contributed by atoms with Crippen molar-refractivity contribution < 1.29 is 12.8 Å². The highest BCUT2D eigenvalue weighted by atomic mass is 32.2. The number of piperidine rings is 1. The van der Waals surface area contributed by atoms with Gasteiger partial charge in [0, 0.05) is 31.1 Å². The van der Waals surface area contributed by atoms with E-state index in [0.717, 1.165) is 17.2 Å². The second-order valence-corrected chi connectivity index (χ2v) is 9.89. The topological polar surface area (TPSA) is 49.4 Å². The number of hydrogen-bond acceptors (Lipinski definition) is 3. The van der Waals surface area contributed by atoms with Gasteiger partial charge in [0.05, 0.1) is 4.90 Å². The van der Waals surface area contributed by atoms with Gasteiger partial charge in [-0.2, -0.15) is 4.31 Å². The van der Waals surface area contributed by atoms with Crippen LogP contribution in [0, 0.1) is 12.7 Å². The zero-order valence-electron chi connectivity index (χ0n) is 16.6. The summed E-state index contributed by atoms with van der Waals surface area (Å²) in [6.07, 6.45) is 0. The lowest BCUT2D eigenvalue weighted by atomic mass is 9.74. The predicted molar refractivity (Wildman–Crippen MR) is 115 cm³/mol. The first-order valence-corrected chi connectivity index (χ1v) is 11.6. The molecule has 2 aliphatic heterocycles. The van der Waals surface area contributed by atoms with Crippen LogP contribution in [0.2, 0.25) is 0 Å². The van der Waals surface area contributed by atoms with Crippen LogP contribution in [-0.4, -0.2) is 37.9 Å². The van der Waals surface area contributed by atoms with E-state index in [2.05, 4.69) is 48.6 Å². The molecule has 154 valence electrons. The SMILES string of the molecule is Cc1ccccc1-c1ccc(C2[C@H]3CNC[C@@H]2N3S(=O)(=O)c2cccc(F)c2)cc1. The quantitative estimate of drug-likeness (QED) is 0.693. The molecule has 0 aromatic heterocycles. The van der Waals surface area contributed by atoms with E-state index < -0.39 is 15.8 Å². The number of rotatable bonds is 4. The Labute approximate surface area is 176 Å². The minimum absolute atomic E-state index is 0.0211. The average Bonchev–Trinajstić information content (AvgIpc) is 2.75. The number of nitrogens with one attached hydrogen (secondary N) is 1. The molecule has 0 spiro atoms. The fourth-order valence-electron chi connectivity index (χ4n) is 4.86. The second-order valence-electron chi connectivity index (χ2n) is 8.05. The number of fused-ring (bicyclic) bond motifs is 2. The molecule has 0 amide bonds. The Morgan fingerprint density at radius 1 is 0.933 bits per heavy atom. The van der Waals surface area contributed by atoms with Crippen molar-refractivity contribution in [3.63, 3.8) is 0 Å². The lowest BCUT2D eigenvalue weighted by molar-refractivity contribution is 0.0370. The van der Waals surface area contributed by atoms with Gasteiger partial charge in [0.2, 0.25) is 10.0 Å². The summed E-state index contributed by atoms with van der Waals surface area (Å²) in [4.78, 5) is 0.0211. The molecule has 1 N–H and O–H groups in total. The molecule has 2 bridgehead atoms. The normalized spacial score (nSPS) is 23.7. The third-order valence-electron chi connectivity index (χ3n) is 6.31. The third kappa shape index (κ3) is 3.07. The zero-order chi connectivity index (χ0) is 20.9. The van der Waals surface area contributed by atoms with Gasteiger partial charge in [0.1, 0.15) is 5.82 Å². The van der Waals surface area contributed by atoms with Crippen molar-refractivity contribution in [1.29, 1.82) is 0 Å². The van der Waals surface area contributed by atoms with Crippen molar-refractivity contribution in [1.82, 2.24) is 9.62 Å². The molecule has 0 radical (unpaired) electrons. The van der Waals surface area contributed by atoms with E-state index in [1.165, 1.54) is 29.3 Å². The van der Waals surface area contributed by atoms with E-state index in [1.54, 1.807) is 4.31 Å². The Hall–Kier alpha value is -2.54. The van der Waals surface area contributed by atoms with Gasteiger partial charge in [0.15, 0.2) is 0 Å². The highest BCUT2D eigenvalue weighted by molar-refractivity contribution is 7.89. The van der Waals surface area contributed by atoms with Crippen LogP contribution in [0.15, 0.2) is 77.7 Å². The maximum Gasteiger partial charge on any atom is 0.243 e. The van der Waals surface area contributed by atoms with E-state index in [-0.39, 0.29) is 22.9 Å². The first-order chi connectivity index (χ1) is 14.5. The van der Waals surface area contributed by atoms with Crippen LogP contribution in [0.3, 0.4) is 0 Å². The molecule has 0 aliphatic carbocycles. The Kier molecular flexibility index (Phi) is 4.73. The Balaban J connectivity index is 1.43. The van der Waals surface area contributed by atoms with Crippen molar-refractivity contribution in [2.24, 2.45) is 0 Å². The van der Waals surface area contributed by atoms with Crippen LogP contribution in [0.4, 0.5) is 4.39 Å². The standard InChI is InChI=1S/C24H23FN2O2S/c1-16-5-2-3-8-21(16)17-9-11-18(12-10-17)24-22-14-26-15-23(24)27(22)30(28,29)20-7-4-6-19(25)13-20/h2-13,22-24,26H,14-15H2,1H3/t22-,23+,24?. The summed E-state index contributed by atoms with van der Waals surface area (Å²) in [6.45, 7) is 3.28. The maximum absolute atomic E-state index is 13.6. The van der Waals surface area contributed by atoms with Gasteiger partial charge in [0.25, 0.3) is 0 Å². The highest BCUT2D eigenvalue weighted by Gasteiger charge is 2.56. The Morgan fingerprint density at radius 3 is 2.30 bits per heavy atom. The number of hydrogen-bond donors (Lipinski definition) is 1. The molecule has 5 rings (SSSR count). The van der Waals surface area contributed by atoms with Crippen LogP contribution in [0.25, 0.3) is 11.1 Å². The van der Waals surface area contributed by atoms with Gasteiger partial charge in [-0.25, -0.2) is 12.8 Å². The number of sulfonamides is 1. The molecule has 4 nitrogen and oxygen atoms in total.